The van der Waals surface area contributed by atoms with Crippen LogP contribution in [-0.2, 0) is 6.54 Å². The van der Waals surface area contributed by atoms with E-state index in [1.54, 1.807) is 0 Å². The fraction of sp³-hybridized carbons (Fsp3) is 0.667. The van der Waals surface area contributed by atoms with Crippen molar-refractivity contribution in [3.63, 3.8) is 0 Å². The molecule has 0 aliphatic carbocycles. The van der Waals surface area contributed by atoms with Crippen molar-refractivity contribution in [1.82, 2.24) is 15.2 Å². The molecule has 1 aliphatic rings. The molecule has 0 unspecified atom stereocenters. The molecule has 0 spiro atoms. The summed E-state index contributed by atoms with van der Waals surface area (Å²) in [5.41, 5.74) is 1.82. The third-order valence-corrected chi connectivity index (χ3v) is 4.60. The minimum Gasteiger partial charge on any atom is -0.317 e. The molecule has 2 rings (SSSR count). The lowest BCUT2D eigenvalue weighted by atomic mass is 9.97. The molecular weight excluding hydrogens is 293 g/mol. The molecule has 1 aromatic rings. The molecule has 20 heavy (non-hydrogen) atoms. The Balaban J connectivity index is 2.02. The predicted molar refractivity (Wildman–Crippen MR) is 85.5 cm³/mol. The molecule has 5 heteroatoms. The van der Waals surface area contributed by atoms with E-state index in [1.165, 1.54) is 12.8 Å². The summed E-state index contributed by atoms with van der Waals surface area (Å²) < 4.78 is 0. The largest absolute Gasteiger partial charge is 0.317 e. The van der Waals surface area contributed by atoms with E-state index in [0.717, 1.165) is 54.9 Å². The molecule has 0 amide bonds. The van der Waals surface area contributed by atoms with Gasteiger partial charge in [0.15, 0.2) is 0 Å². The summed E-state index contributed by atoms with van der Waals surface area (Å²) >= 11 is 12.6. The monoisotopic (exact) mass is 315 g/mol. The van der Waals surface area contributed by atoms with Gasteiger partial charge in [0, 0.05) is 29.4 Å². The van der Waals surface area contributed by atoms with Gasteiger partial charge < -0.3 is 5.32 Å². The number of pyridine rings is 1. The van der Waals surface area contributed by atoms with Crippen molar-refractivity contribution in [2.75, 3.05) is 26.2 Å². The Bertz CT molecular complexity index is 422. The van der Waals surface area contributed by atoms with E-state index in [1.807, 2.05) is 13.0 Å². The molecule has 1 aliphatic heterocycles. The van der Waals surface area contributed by atoms with Crippen LogP contribution in [0, 0.1) is 12.8 Å². The molecule has 112 valence electrons. The van der Waals surface area contributed by atoms with Crippen LogP contribution in [0.2, 0.25) is 10.2 Å². The summed E-state index contributed by atoms with van der Waals surface area (Å²) in [6, 6.07) is 1.89. The first-order valence-electron chi connectivity index (χ1n) is 7.34. The molecule has 0 saturated carbocycles. The highest BCUT2D eigenvalue weighted by Gasteiger charge is 2.18. The van der Waals surface area contributed by atoms with E-state index in [-0.39, 0.29) is 0 Å². The lowest BCUT2D eigenvalue weighted by molar-refractivity contribution is 0.207. The quantitative estimate of drug-likeness (QED) is 0.843. The van der Waals surface area contributed by atoms with Crippen molar-refractivity contribution in [3.05, 3.63) is 27.5 Å². The van der Waals surface area contributed by atoms with Gasteiger partial charge in [-0.3, -0.25) is 4.90 Å². The van der Waals surface area contributed by atoms with Gasteiger partial charge >= 0.3 is 0 Å². The van der Waals surface area contributed by atoms with Gasteiger partial charge in [-0.2, -0.15) is 0 Å². The summed E-state index contributed by atoms with van der Waals surface area (Å²) in [6.07, 6.45) is 2.51. The van der Waals surface area contributed by atoms with Crippen LogP contribution < -0.4 is 5.32 Å². The number of aromatic nitrogens is 1. The summed E-state index contributed by atoms with van der Waals surface area (Å²) in [5.74, 6) is 0.771. The lowest BCUT2D eigenvalue weighted by Crippen LogP contribution is -2.36. The van der Waals surface area contributed by atoms with E-state index in [9.17, 15) is 0 Å². The Hall–Kier alpha value is -0.350. The molecule has 0 aromatic carbocycles. The lowest BCUT2D eigenvalue weighted by Gasteiger charge is -2.29. The van der Waals surface area contributed by atoms with E-state index >= 15 is 0 Å². The number of nitrogens with zero attached hydrogens (tertiary/aromatic N) is 2. The maximum atomic E-state index is 6.32. The molecule has 1 N–H and O–H groups in total. The summed E-state index contributed by atoms with van der Waals surface area (Å²) in [7, 11) is 0. The maximum absolute atomic E-state index is 6.32. The number of hydrogen-bond acceptors (Lipinski definition) is 3. The van der Waals surface area contributed by atoms with E-state index < -0.39 is 0 Å². The average Bonchev–Trinajstić information content (AvgIpc) is 2.42. The van der Waals surface area contributed by atoms with Crippen LogP contribution in [0.3, 0.4) is 0 Å². The van der Waals surface area contributed by atoms with Crippen LogP contribution >= 0.6 is 23.2 Å². The predicted octanol–water partition coefficient (Wildman–Crippen LogP) is 3.52. The Morgan fingerprint density at radius 2 is 2.05 bits per heavy atom. The van der Waals surface area contributed by atoms with Crippen LogP contribution in [0.1, 0.15) is 31.0 Å². The molecule has 1 aromatic heterocycles. The highest BCUT2D eigenvalue weighted by Crippen LogP contribution is 2.26. The Morgan fingerprint density at radius 3 is 2.65 bits per heavy atom. The number of nitrogens with one attached hydrogen (secondary N) is 1. The van der Waals surface area contributed by atoms with Gasteiger partial charge in [-0.05, 0) is 51.4 Å². The zero-order chi connectivity index (χ0) is 14.5. The number of aryl methyl sites for hydroxylation is 1. The van der Waals surface area contributed by atoms with Gasteiger partial charge in [-0.25, -0.2) is 4.98 Å². The van der Waals surface area contributed by atoms with Crippen molar-refractivity contribution in [2.45, 2.75) is 33.2 Å². The molecule has 3 nitrogen and oxygen atoms in total. The first kappa shape index (κ1) is 16.0. The number of piperidine rings is 1. The van der Waals surface area contributed by atoms with Gasteiger partial charge in [0.25, 0.3) is 0 Å². The highest BCUT2D eigenvalue weighted by molar-refractivity contribution is 6.35. The maximum Gasteiger partial charge on any atom is 0.135 e. The van der Waals surface area contributed by atoms with Gasteiger partial charge in [0.05, 0.1) is 0 Å². The third-order valence-electron chi connectivity index (χ3n) is 3.95. The molecule has 1 fully saturated rings. The van der Waals surface area contributed by atoms with Crippen LogP contribution in [0.25, 0.3) is 0 Å². The number of hydrogen-bond donors (Lipinski definition) is 1. The average molecular weight is 316 g/mol. The van der Waals surface area contributed by atoms with Crippen molar-refractivity contribution in [1.29, 1.82) is 0 Å². The summed E-state index contributed by atoms with van der Waals surface area (Å²) in [4.78, 5) is 6.73. The standard InChI is InChI=1S/C15H23Cl2N3/c1-3-20(9-12-4-6-18-7-5-12)10-13-14(16)8-11(2)19-15(13)17/h8,12,18H,3-7,9-10H2,1-2H3. The Kier molecular flexibility index (Phi) is 6.09. The molecule has 0 bridgehead atoms. The van der Waals surface area contributed by atoms with Crippen molar-refractivity contribution in [2.24, 2.45) is 5.92 Å². The second kappa shape index (κ2) is 7.60. The normalized spacial score (nSPS) is 16.9. The highest BCUT2D eigenvalue weighted by atomic mass is 35.5. The van der Waals surface area contributed by atoms with Gasteiger partial charge in [-0.1, -0.05) is 30.1 Å². The fourth-order valence-corrected chi connectivity index (χ4v) is 3.37. The summed E-state index contributed by atoms with van der Waals surface area (Å²) in [5, 5.41) is 4.68. The molecule has 2 heterocycles. The minimum atomic E-state index is 0.541. The smallest absolute Gasteiger partial charge is 0.135 e. The SMILES string of the molecule is CCN(Cc1c(Cl)cc(C)nc1Cl)CC1CCNCC1. The van der Waals surface area contributed by atoms with Crippen LogP contribution in [-0.4, -0.2) is 36.1 Å². The van der Waals surface area contributed by atoms with E-state index in [0.29, 0.717) is 5.15 Å². The van der Waals surface area contributed by atoms with Gasteiger partial charge in [-0.15, -0.1) is 0 Å². The molecular formula is C15H23Cl2N3. The van der Waals surface area contributed by atoms with Gasteiger partial charge in [0.1, 0.15) is 5.15 Å². The molecule has 0 atom stereocenters. The van der Waals surface area contributed by atoms with Crippen molar-refractivity contribution in [3.8, 4) is 0 Å². The zero-order valence-corrected chi connectivity index (χ0v) is 13.8. The first-order chi connectivity index (χ1) is 9.60. The van der Waals surface area contributed by atoms with Crippen molar-refractivity contribution < 1.29 is 0 Å². The Morgan fingerprint density at radius 1 is 1.35 bits per heavy atom. The van der Waals surface area contributed by atoms with E-state index in [2.05, 4.69) is 22.1 Å². The summed E-state index contributed by atoms with van der Waals surface area (Å²) in [6.45, 7) is 9.26. The Labute approximate surface area is 131 Å². The topological polar surface area (TPSA) is 28.2 Å². The second-order valence-electron chi connectivity index (χ2n) is 5.54. The third kappa shape index (κ3) is 4.32. The molecule has 0 radical (unpaired) electrons. The first-order valence-corrected chi connectivity index (χ1v) is 8.10. The minimum absolute atomic E-state index is 0.541. The van der Waals surface area contributed by atoms with Crippen LogP contribution in [0.15, 0.2) is 6.07 Å². The van der Waals surface area contributed by atoms with Crippen molar-refractivity contribution >= 4 is 23.2 Å². The van der Waals surface area contributed by atoms with Crippen LogP contribution in [0.4, 0.5) is 0 Å². The van der Waals surface area contributed by atoms with Crippen LogP contribution in [0.5, 0.6) is 0 Å². The zero-order valence-electron chi connectivity index (χ0n) is 12.3. The number of halogens is 2. The second-order valence-corrected chi connectivity index (χ2v) is 6.30. The van der Waals surface area contributed by atoms with Gasteiger partial charge in [0.2, 0.25) is 0 Å². The van der Waals surface area contributed by atoms with E-state index in [4.69, 9.17) is 23.2 Å². The number of rotatable bonds is 5. The fourth-order valence-electron chi connectivity index (χ4n) is 2.72. The molecule has 1 saturated heterocycles.